The summed E-state index contributed by atoms with van der Waals surface area (Å²) in [5.41, 5.74) is 1.77. The van der Waals surface area contributed by atoms with E-state index in [0.717, 1.165) is 29.1 Å². The van der Waals surface area contributed by atoms with E-state index in [2.05, 4.69) is 10.3 Å². The van der Waals surface area contributed by atoms with E-state index in [1.54, 1.807) is 6.20 Å². The molecule has 21 heavy (non-hydrogen) atoms. The van der Waals surface area contributed by atoms with Gasteiger partial charge in [0.1, 0.15) is 11.5 Å². The number of amides is 1. The van der Waals surface area contributed by atoms with Crippen molar-refractivity contribution in [1.82, 2.24) is 10.3 Å². The summed E-state index contributed by atoms with van der Waals surface area (Å²) >= 11 is 0. The molecule has 0 unspecified atom stereocenters. The fraction of sp³-hybridized carbons (Fsp3) is 0.375. The first kappa shape index (κ1) is 12.4. The lowest BCUT2D eigenvalue weighted by Gasteiger charge is -2.17. The van der Waals surface area contributed by atoms with Gasteiger partial charge in [0.2, 0.25) is 5.89 Å². The maximum absolute atomic E-state index is 11.7. The molecule has 1 aromatic carbocycles. The van der Waals surface area contributed by atoms with Crippen LogP contribution in [0.5, 0.6) is 5.75 Å². The van der Waals surface area contributed by atoms with E-state index < -0.39 is 0 Å². The first-order chi connectivity index (χ1) is 10.3. The third kappa shape index (κ3) is 2.51. The number of rotatable bonds is 4. The number of fused-ring (bicyclic) bond motifs is 1. The lowest BCUT2D eigenvalue weighted by Crippen LogP contribution is -2.31. The number of carbonyl (C=O) groups is 1. The average Bonchev–Trinajstić information content (AvgIpc) is 3.24. The van der Waals surface area contributed by atoms with E-state index in [1.165, 1.54) is 12.8 Å². The van der Waals surface area contributed by atoms with Crippen LogP contribution in [0, 0.1) is 0 Å². The molecule has 0 spiro atoms. The highest BCUT2D eigenvalue weighted by molar-refractivity contribution is 5.96. The third-order valence-corrected chi connectivity index (χ3v) is 3.91. The number of carbonyl (C=O) groups excluding carboxylic acids is 1. The SMILES string of the molecule is O=C1NCCc2cc(OCc3ncc(C4CC4)o3)ccc21. The Labute approximate surface area is 122 Å². The molecule has 0 bridgehead atoms. The van der Waals surface area contributed by atoms with Crippen LogP contribution in [0.15, 0.2) is 28.8 Å². The van der Waals surface area contributed by atoms with Gasteiger partial charge in [-0.1, -0.05) is 0 Å². The Kier molecular flexibility index (Phi) is 2.91. The fourth-order valence-electron chi connectivity index (χ4n) is 2.59. The van der Waals surface area contributed by atoms with Crippen molar-refractivity contribution in [2.45, 2.75) is 31.8 Å². The zero-order valence-electron chi connectivity index (χ0n) is 11.6. The molecule has 0 radical (unpaired) electrons. The Hall–Kier alpha value is -2.30. The number of aromatic nitrogens is 1. The summed E-state index contributed by atoms with van der Waals surface area (Å²) in [6.07, 6.45) is 5.03. The Bertz CT molecular complexity index is 689. The normalized spacial score (nSPS) is 17.2. The van der Waals surface area contributed by atoms with Crippen LogP contribution in [0.2, 0.25) is 0 Å². The highest BCUT2D eigenvalue weighted by atomic mass is 16.5. The average molecular weight is 284 g/mol. The molecular weight excluding hydrogens is 268 g/mol. The zero-order chi connectivity index (χ0) is 14.2. The van der Waals surface area contributed by atoms with Gasteiger partial charge in [0.05, 0.1) is 6.20 Å². The number of nitrogens with one attached hydrogen (secondary N) is 1. The van der Waals surface area contributed by atoms with Gasteiger partial charge < -0.3 is 14.5 Å². The van der Waals surface area contributed by atoms with Gasteiger partial charge in [-0.05, 0) is 43.0 Å². The Morgan fingerprint density at radius 1 is 1.38 bits per heavy atom. The first-order valence-electron chi connectivity index (χ1n) is 7.28. The van der Waals surface area contributed by atoms with Gasteiger partial charge in [0.25, 0.3) is 5.91 Å². The van der Waals surface area contributed by atoms with Crippen molar-refractivity contribution < 1.29 is 13.9 Å². The number of ether oxygens (including phenoxy) is 1. The summed E-state index contributed by atoms with van der Waals surface area (Å²) in [6.45, 7) is 0.997. The maximum Gasteiger partial charge on any atom is 0.251 e. The Balaban J connectivity index is 1.45. The minimum Gasteiger partial charge on any atom is -0.484 e. The molecule has 1 aliphatic carbocycles. The van der Waals surface area contributed by atoms with Crippen molar-refractivity contribution in [3.05, 3.63) is 47.2 Å². The van der Waals surface area contributed by atoms with Crippen LogP contribution in [0.1, 0.15) is 46.3 Å². The molecule has 1 saturated carbocycles. The van der Waals surface area contributed by atoms with Crippen LogP contribution in [-0.2, 0) is 13.0 Å². The van der Waals surface area contributed by atoms with E-state index in [9.17, 15) is 4.79 Å². The van der Waals surface area contributed by atoms with Crippen LogP contribution in [0.4, 0.5) is 0 Å². The van der Waals surface area contributed by atoms with Crippen molar-refractivity contribution in [3.63, 3.8) is 0 Å². The minimum atomic E-state index is -0.00965. The molecule has 1 amide bonds. The van der Waals surface area contributed by atoms with Gasteiger partial charge in [0.15, 0.2) is 6.61 Å². The summed E-state index contributed by atoms with van der Waals surface area (Å²) in [5, 5.41) is 2.83. The molecule has 5 heteroatoms. The van der Waals surface area contributed by atoms with Crippen molar-refractivity contribution >= 4 is 5.91 Å². The van der Waals surface area contributed by atoms with Gasteiger partial charge in [0, 0.05) is 18.0 Å². The fourth-order valence-corrected chi connectivity index (χ4v) is 2.59. The van der Waals surface area contributed by atoms with Gasteiger partial charge in [-0.25, -0.2) is 4.98 Å². The van der Waals surface area contributed by atoms with Crippen LogP contribution in [-0.4, -0.2) is 17.4 Å². The summed E-state index contributed by atoms with van der Waals surface area (Å²) in [7, 11) is 0. The quantitative estimate of drug-likeness (QED) is 0.936. The minimum absolute atomic E-state index is 0.00965. The van der Waals surface area contributed by atoms with Gasteiger partial charge >= 0.3 is 0 Å². The van der Waals surface area contributed by atoms with Crippen LogP contribution >= 0.6 is 0 Å². The van der Waals surface area contributed by atoms with Crippen molar-refractivity contribution in [1.29, 1.82) is 0 Å². The van der Waals surface area contributed by atoms with Gasteiger partial charge in [-0.2, -0.15) is 0 Å². The van der Waals surface area contributed by atoms with Gasteiger partial charge in [-0.3, -0.25) is 4.79 Å². The molecule has 1 aromatic heterocycles. The van der Waals surface area contributed by atoms with Crippen LogP contribution in [0.3, 0.4) is 0 Å². The zero-order valence-corrected chi connectivity index (χ0v) is 11.6. The topological polar surface area (TPSA) is 64.4 Å². The predicted molar refractivity (Wildman–Crippen MR) is 75.3 cm³/mol. The second kappa shape index (κ2) is 4.91. The van der Waals surface area contributed by atoms with Gasteiger partial charge in [-0.15, -0.1) is 0 Å². The monoisotopic (exact) mass is 284 g/mol. The molecule has 0 saturated heterocycles. The molecule has 2 heterocycles. The highest BCUT2D eigenvalue weighted by Crippen LogP contribution is 2.40. The molecule has 4 rings (SSSR count). The van der Waals surface area contributed by atoms with Crippen molar-refractivity contribution in [2.24, 2.45) is 0 Å². The van der Waals surface area contributed by atoms with E-state index in [0.29, 0.717) is 25.0 Å². The van der Waals surface area contributed by atoms with Crippen LogP contribution < -0.4 is 10.1 Å². The predicted octanol–water partition coefficient (Wildman–Crippen LogP) is 2.42. The second-order valence-electron chi connectivity index (χ2n) is 5.54. The van der Waals surface area contributed by atoms with Crippen LogP contribution in [0.25, 0.3) is 0 Å². The smallest absolute Gasteiger partial charge is 0.251 e. The number of oxazole rings is 1. The second-order valence-corrected chi connectivity index (χ2v) is 5.54. The largest absolute Gasteiger partial charge is 0.484 e. The van der Waals surface area contributed by atoms with E-state index >= 15 is 0 Å². The summed E-state index contributed by atoms with van der Waals surface area (Å²) in [6, 6.07) is 5.55. The molecule has 2 aromatic rings. The van der Waals surface area contributed by atoms with E-state index in [4.69, 9.17) is 9.15 Å². The Morgan fingerprint density at radius 2 is 2.29 bits per heavy atom. The molecule has 2 aliphatic rings. The van der Waals surface area contributed by atoms with E-state index in [1.807, 2.05) is 18.2 Å². The molecule has 5 nitrogen and oxygen atoms in total. The highest BCUT2D eigenvalue weighted by Gasteiger charge is 2.27. The molecule has 108 valence electrons. The number of hydrogen-bond donors (Lipinski definition) is 1. The summed E-state index contributed by atoms with van der Waals surface area (Å²) in [4.78, 5) is 15.9. The molecule has 1 aliphatic heterocycles. The third-order valence-electron chi connectivity index (χ3n) is 3.91. The number of nitrogens with zero attached hydrogens (tertiary/aromatic N) is 1. The lowest BCUT2D eigenvalue weighted by molar-refractivity contribution is 0.0946. The lowest BCUT2D eigenvalue weighted by atomic mass is 10.0. The standard InChI is InChI=1S/C16H16N2O3/c19-16-13-4-3-12(7-11(13)5-6-17-16)20-9-15-18-8-14(21-15)10-1-2-10/h3-4,7-8,10H,1-2,5-6,9H2,(H,17,19). The van der Waals surface area contributed by atoms with Crippen molar-refractivity contribution in [3.8, 4) is 5.75 Å². The molecular formula is C16H16N2O3. The summed E-state index contributed by atoms with van der Waals surface area (Å²) in [5.74, 6) is 2.87. The molecule has 1 fully saturated rings. The number of benzene rings is 1. The van der Waals surface area contributed by atoms with E-state index in [-0.39, 0.29) is 5.91 Å². The Morgan fingerprint density at radius 3 is 3.14 bits per heavy atom. The number of hydrogen-bond acceptors (Lipinski definition) is 4. The maximum atomic E-state index is 11.7. The van der Waals surface area contributed by atoms with Crippen molar-refractivity contribution in [2.75, 3.05) is 6.54 Å². The molecule has 0 atom stereocenters. The molecule has 1 N–H and O–H groups in total. The summed E-state index contributed by atoms with van der Waals surface area (Å²) < 4.78 is 11.4. The first-order valence-corrected chi connectivity index (χ1v) is 7.28.